The molecular weight excluding hydrogens is 322 g/mol. The molecule has 0 spiro atoms. The van der Waals surface area contributed by atoms with Crippen molar-refractivity contribution in [2.45, 2.75) is 50.6 Å². The molecular formula is C22H29N3O. The van der Waals surface area contributed by atoms with Crippen LogP contribution in [0.1, 0.15) is 38.5 Å². The lowest BCUT2D eigenvalue weighted by Crippen LogP contribution is -2.60. The number of benzene rings is 1. The molecule has 4 nitrogen and oxygen atoms in total. The molecule has 2 amide bonds. The number of anilines is 1. The van der Waals surface area contributed by atoms with E-state index in [0.29, 0.717) is 12.0 Å². The average molecular weight is 351 g/mol. The zero-order valence-corrected chi connectivity index (χ0v) is 15.4. The molecule has 0 radical (unpaired) electrons. The third-order valence-corrected chi connectivity index (χ3v) is 6.94. The van der Waals surface area contributed by atoms with E-state index in [0.717, 1.165) is 30.6 Å². The number of nitrogens with zero attached hydrogens (tertiary/aromatic N) is 2. The van der Waals surface area contributed by atoms with Gasteiger partial charge in [-0.15, -0.1) is 0 Å². The predicted octanol–water partition coefficient (Wildman–Crippen LogP) is 4.11. The summed E-state index contributed by atoms with van der Waals surface area (Å²) in [7, 11) is 0. The number of para-hydroxylation sites is 1. The van der Waals surface area contributed by atoms with E-state index in [1.54, 1.807) is 5.57 Å². The van der Waals surface area contributed by atoms with Gasteiger partial charge in [0.15, 0.2) is 0 Å². The number of rotatable bonds is 1. The highest BCUT2D eigenvalue weighted by molar-refractivity contribution is 5.89. The second-order valence-electron chi connectivity index (χ2n) is 8.50. The molecule has 1 N–H and O–H groups in total. The molecule has 2 bridgehead atoms. The third-order valence-electron chi connectivity index (χ3n) is 6.94. The summed E-state index contributed by atoms with van der Waals surface area (Å²) in [5.41, 5.74) is 2.44. The van der Waals surface area contributed by atoms with E-state index in [4.69, 9.17) is 0 Å². The van der Waals surface area contributed by atoms with Crippen molar-refractivity contribution in [1.82, 2.24) is 9.80 Å². The van der Waals surface area contributed by atoms with Gasteiger partial charge >= 0.3 is 6.03 Å². The van der Waals surface area contributed by atoms with Crippen molar-refractivity contribution in [2.75, 3.05) is 25.0 Å². The van der Waals surface area contributed by atoms with Gasteiger partial charge in [0, 0.05) is 24.8 Å². The summed E-state index contributed by atoms with van der Waals surface area (Å²) in [6.07, 6.45) is 10.2. The molecule has 5 rings (SSSR count). The van der Waals surface area contributed by atoms with E-state index >= 15 is 0 Å². The van der Waals surface area contributed by atoms with Crippen LogP contribution in [0.25, 0.3) is 0 Å². The molecule has 4 heteroatoms. The Balaban J connectivity index is 1.39. The zero-order chi connectivity index (χ0) is 17.5. The first kappa shape index (κ1) is 16.4. The van der Waals surface area contributed by atoms with E-state index in [1.807, 2.05) is 30.3 Å². The molecule has 3 saturated heterocycles. The van der Waals surface area contributed by atoms with Gasteiger partial charge in [0.2, 0.25) is 0 Å². The molecule has 4 atom stereocenters. The van der Waals surface area contributed by atoms with Crippen molar-refractivity contribution in [2.24, 2.45) is 11.8 Å². The summed E-state index contributed by atoms with van der Waals surface area (Å²) in [4.78, 5) is 17.9. The maximum Gasteiger partial charge on any atom is 0.322 e. The molecule has 1 aromatic rings. The fraction of sp³-hybridized carbons (Fsp3) is 0.591. The second kappa shape index (κ2) is 6.73. The summed E-state index contributed by atoms with van der Waals surface area (Å²) < 4.78 is 0. The molecule has 3 heterocycles. The van der Waals surface area contributed by atoms with Gasteiger partial charge in [-0.1, -0.05) is 36.3 Å². The van der Waals surface area contributed by atoms with Crippen LogP contribution in [0.5, 0.6) is 0 Å². The van der Waals surface area contributed by atoms with E-state index < -0.39 is 0 Å². The van der Waals surface area contributed by atoms with Crippen LogP contribution in [-0.2, 0) is 0 Å². The van der Waals surface area contributed by atoms with Gasteiger partial charge in [-0.3, -0.25) is 4.90 Å². The first-order chi connectivity index (χ1) is 12.8. The van der Waals surface area contributed by atoms with Gasteiger partial charge < -0.3 is 10.2 Å². The summed E-state index contributed by atoms with van der Waals surface area (Å²) in [6, 6.07) is 11.0. The van der Waals surface area contributed by atoms with Gasteiger partial charge in [-0.2, -0.15) is 0 Å². The Hall–Kier alpha value is -1.81. The number of likely N-dealkylation sites (tertiary alicyclic amines) is 1. The molecule has 26 heavy (non-hydrogen) atoms. The van der Waals surface area contributed by atoms with Gasteiger partial charge in [0.05, 0.1) is 6.04 Å². The number of carbonyl (C=O) groups excluding carboxylic acids is 1. The van der Waals surface area contributed by atoms with E-state index in [2.05, 4.69) is 21.2 Å². The number of nitrogens with one attached hydrogen (secondary N) is 1. The fourth-order valence-corrected chi connectivity index (χ4v) is 5.92. The van der Waals surface area contributed by atoms with E-state index in [1.165, 1.54) is 45.2 Å². The molecule has 1 aliphatic carbocycles. The monoisotopic (exact) mass is 351 g/mol. The Morgan fingerprint density at radius 2 is 1.96 bits per heavy atom. The summed E-state index contributed by atoms with van der Waals surface area (Å²) >= 11 is 0. The van der Waals surface area contributed by atoms with E-state index in [-0.39, 0.29) is 6.03 Å². The molecule has 4 aliphatic rings. The number of carbonyl (C=O) groups is 1. The number of fused-ring (bicyclic) bond motifs is 6. The van der Waals surface area contributed by atoms with Crippen LogP contribution < -0.4 is 5.32 Å². The number of hydrogen-bond acceptors (Lipinski definition) is 2. The fourth-order valence-electron chi connectivity index (χ4n) is 5.92. The van der Waals surface area contributed by atoms with Crippen LogP contribution in [0.15, 0.2) is 42.0 Å². The van der Waals surface area contributed by atoms with Crippen LogP contribution in [0, 0.1) is 11.8 Å². The van der Waals surface area contributed by atoms with Crippen molar-refractivity contribution in [3.8, 4) is 0 Å². The number of urea groups is 1. The van der Waals surface area contributed by atoms with Crippen molar-refractivity contribution < 1.29 is 4.79 Å². The molecule has 1 aromatic carbocycles. The van der Waals surface area contributed by atoms with Crippen molar-refractivity contribution >= 4 is 11.7 Å². The summed E-state index contributed by atoms with van der Waals surface area (Å²) in [6.45, 7) is 3.31. The third kappa shape index (κ3) is 2.84. The lowest BCUT2D eigenvalue weighted by Gasteiger charge is -2.54. The highest BCUT2D eigenvalue weighted by atomic mass is 16.2. The standard InChI is InChI=1S/C22H29N3O/c26-22(23-19-8-2-1-3-9-19)25-12-6-7-16-13-17-14-18(21(16)25)15-24-11-5-4-10-20(17)24/h1-3,8-9,13,17-18,20-21H,4-7,10-12,14-15H2,(H,23,26). The number of amides is 2. The van der Waals surface area contributed by atoms with Gasteiger partial charge in [-0.25, -0.2) is 4.79 Å². The maximum absolute atomic E-state index is 13.0. The van der Waals surface area contributed by atoms with Gasteiger partial charge in [0.25, 0.3) is 0 Å². The van der Waals surface area contributed by atoms with Crippen LogP contribution in [0.4, 0.5) is 10.5 Å². The van der Waals surface area contributed by atoms with Crippen molar-refractivity contribution in [3.05, 3.63) is 42.0 Å². The Kier molecular flexibility index (Phi) is 4.24. The first-order valence-corrected chi connectivity index (χ1v) is 10.4. The minimum absolute atomic E-state index is 0.0750. The number of hydrogen-bond donors (Lipinski definition) is 1. The Morgan fingerprint density at radius 1 is 1.08 bits per heavy atom. The minimum Gasteiger partial charge on any atom is -0.317 e. The molecule has 4 unspecified atom stereocenters. The lowest BCUT2D eigenvalue weighted by atomic mass is 9.68. The van der Waals surface area contributed by atoms with Crippen LogP contribution >= 0.6 is 0 Å². The number of piperidine rings is 3. The molecule has 3 aliphatic heterocycles. The highest BCUT2D eigenvalue weighted by Crippen LogP contribution is 2.45. The van der Waals surface area contributed by atoms with Crippen LogP contribution in [-0.4, -0.2) is 47.5 Å². The Labute approximate surface area is 156 Å². The Morgan fingerprint density at radius 3 is 2.85 bits per heavy atom. The lowest BCUT2D eigenvalue weighted by molar-refractivity contribution is 0.00908. The molecule has 138 valence electrons. The van der Waals surface area contributed by atoms with Crippen LogP contribution in [0.2, 0.25) is 0 Å². The van der Waals surface area contributed by atoms with Crippen molar-refractivity contribution in [1.29, 1.82) is 0 Å². The summed E-state index contributed by atoms with van der Waals surface area (Å²) in [5.74, 6) is 1.33. The topological polar surface area (TPSA) is 35.6 Å². The van der Waals surface area contributed by atoms with Crippen molar-refractivity contribution in [3.63, 3.8) is 0 Å². The largest absolute Gasteiger partial charge is 0.322 e. The first-order valence-electron chi connectivity index (χ1n) is 10.4. The molecule has 0 aromatic heterocycles. The second-order valence-corrected chi connectivity index (χ2v) is 8.50. The predicted molar refractivity (Wildman–Crippen MR) is 104 cm³/mol. The Bertz CT molecular complexity index is 701. The zero-order valence-electron chi connectivity index (χ0n) is 15.4. The smallest absolute Gasteiger partial charge is 0.317 e. The highest BCUT2D eigenvalue weighted by Gasteiger charge is 2.46. The van der Waals surface area contributed by atoms with Gasteiger partial charge in [-0.05, 0) is 62.6 Å². The van der Waals surface area contributed by atoms with Gasteiger partial charge in [0.1, 0.15) is 0 Å². The molecule has 0 saturated carbocycles. The molecule has 3 fully saturated rings. The summed E-state index contributed by atoms with van der Waals surface area (Å²) in [5, 5.41) is 3.12. The normalized spacial score (nSPS) is 33.7. The maximum atomic E-state index is 13.0. The average Bonchev–Trinajstić information content (AvgIpc) is 2.68. The minimum atomic E-state index is 0.0750. The van der Waals surface area contributed by atoms with E-state index in [9.17, 15) is 4.79 Å². The SMILES string of the molecule is O=C(Nc1ccccc1)N1CCCC2=CC3CC(CN4CCCCC34)C21. The van der Waals surface area contributed by atoms with Crippen LogP contribution in [0.3, 0.4) is 0 Å². The quantitative estimate of drug-likeness (QED) is 0.773.